The third kappa shape index (κ3) is 2.08. The number of methoxy groups -OCH3 is 1. The fourth-order valence-electron chi connectivity index (χ4n) is 3.59. The van der Waals surface area contributed by atoms with E-state index in [1.54, 1.807) is 19.2 Å². The molecular formula is C16H24N2O2. The van der Waals surface area contributed by atoms with E-state index in [4.69, 9.17) is 10.5 Å². The van der Waals surface area contributed by atoms with Crippen LogP contribution >= 0.6 is 0 Å². The molecule has 1 aliphatic carbocycles. The van der Waals surface area contributed by atoms with Crippen LogP contribution in [-0.2, 0) is 0 Å². The maximum atomic E-state index is 12.5. The van der Waals surface area contributed by atoms with Crippen LogP contribution in [-0.4, -0.2) is 25.1 Å². The topological polar surface area (TPSA) is 64.3 Å². The highest BCUT2D eigenvalue weighted by Crippen LogP contribution is 2.52. The van der Waals surface area contributed by atoms with E-state index in [1.807, 2.05) is 12.1 Å². The van der Waals surface area contributed by atoms with E-state index < -0.39 is 0 Å². The SMILES string of the molecule is COc1ccccc1C(=O)NC1C(C)(C)C(N)C1(C)C. The molecule has 110 valence electrons. The van der Waals surface area contributed by atoms with Crippen LogP contribution in [0.15, 0.2) is 24.3 Å². The lowest BCUT2D eigenvalue weighted by molar-refractivity contribution is -0.0663. The van der Waals surface area contributed by atoms with E-state index in [1.165, 1.54) is 0 Å². The standard InChI is InChI=1S/C16H24N2O2/c1-15(2)13(17)16(3,4)14(15)18-12(19)10-8-6-7-9-11(10)20-5/h6-9,13-14H,17H2,1-5H3,(H,18,19). The third-order valence-electron chi connectivity index (χ3n) is 4.72. The molecule has 4 nitrogen and oxygen atoms in total. The van der Waals surface area contributed by atoms with E-state index in [0.717, 1.165) is 0 Å². The van der Waals surface area contributed by atoms with Gasteiger partial charge in [-0.25, -0.2) is 0 Å². The van der Waals surface area contributed by atoms with Crippen LogP contribution in [0.4, 0.5) is 0 Å². The van der Waals surface area contributed by atoms with Gasteiger partial charge in [0.2, 0.25) is 0 Å². The fourth-order valence-corrected chi connectivity index (χ4v) is 3.59. The Bertz CT molecular complexity index is 507. The second kappa shape index (κ2) is 4.77. The summed E-state index contributed by atoms with van der Waals surface area (Å²) in [5.41, 5.74) is 6.56. The van der Waals surface area contributed by atoms with Crippen molar-refractivity contribution in [2.45, 2.75) is 39.8 Å². The van der Waals surface area contributed by atoms with Gasteiger partial charge >= 0.3 is 0 Å². The molecule has 1 amide bonds. The number of para-hydroxylation sites is 1. The van der Waals surface area contributed by atoms with Gasteiger partial charge in [-0.15, -0.1) is 0 Å². The minimum Gasteiger partial charge on any atom is -0.496 e. The molecule has 1 aliphatic rings. The van der Waals surface area contributed by atoms with Gasteiger partial charge in [0.05, 0.1) is 12.7 Å². The first-order valence-corrected chi connectivity index (χ1v) is 6.92. The van der Waals surface area contributed by atoms with E-state index in [0.29, 0.717) is 11.3 Å². The molecule has 0 unspecified atom stereocenters. The summed E-state index contributed by atoms with van der Waals surface area (Å²) >= 11 is 0. The maximum Gasteiger partial charge on any atom is 0.255 e. The largest absolute Gasteiger partial charge is 0.496 e. The van der Waals surface area contributed by atoms with Crippen molar-refractivity contribution in [1.29, 1.82) is 0 Å². The molecule has 3 N–H and O–H groups in total. The summed E-state index contributed by atoms with van der Waals surface area (Å²) in [6.07, 6.45) is 0. The number of amides is 1. The first-order chi connectivity index (χ1) is 9.22. The number of nitrogens with one attached hydrogen (secondary N) is 1. The minimum atomic E-state index is -0.111. The number of ether oxygens (including phenoxy) is 1. The summed E-state index contributed by atoms with van der Waals surface area (Å²) in [6.45, 7) is 8.37. The molecule has 0 saturated heterocycles. The summed E-state index contributed by atoms with van der Waals surface area (Å²) in [5, 5.41) is 3.12. The number of rotatable bonds is 3. The first kappa shape index (κ1) is 14.9. The van der Waals surface area contributed by atoms with Crippen LogP contribution < -0.4 is 15.8 Å². The predicted molar refractivity (Wildman–Crippen MR) is 79.8 cm³/mol. The average molecular weight is 276 g/mol. The van der Waals surface area contributed by atoms with E-state index in [9.17, 15) is 4.79 Å². The number of carbonyl (C=O) groups excluding carboxylic acids is 1. The molecule has 0 heterocycles. The molecule has 0 aliphatic heterocycles. The Hall–Kier alpha value is -1.55. The Morgan fingerprint density at radius 3 is 2.30 bits per heavy atom. The van der Waals surface area contributed by atoms with Crippen molar-refractivity contribution in [2.75, 3.05) is 7.11 Å². The zero-order chi connectivity index (χ0) is 15.1. The molecule has 1 saturated carbocycles. The van der Waals surface area contributed by atoms with Crippen LogP contribution in [0.1, 0.15) is 38.1 Å². The van der Waals surface area contributed by atoms with Crippen molar-refractivity contribution < 1.29 is 9.53 Å². The summed E-state index contributed by atoms with van der Waals surface area (Å²) in [5.74, 6) is 0.477. The molecule has 2 rings (SSSR count). The molecule has 0 aromatic heterocycles. The van der Waals surface area contributed by atoms with Gasteiger partial charge in [0, 0.05) is 22.9 Å². The quantitative estimate of drug-likeness (QED) is 0.889. The predicted octanol–water partition coefficient (Wildman–Crippen LogP) is 2.19. The highest BCUT2D eigenvalue weighted by atomic mass is 16.5. The smallest absolute Gasteiger partial charge is 0.255 e. The number of hydrogen-bond acceptors (Lipinski definition) is 3. The highest BCUT2D eigenvalue weighted by Gasteiger charge is 2.60. The van der Waals surface area contributed by atoms with Crippen LogP contribution in [0.3, 0.4) is 0 Å². The van der Waals surface area contributed by atoms with Crippen LogP contribution in [0.5, 0.6) is 5.75 Å². The lowest BCUT2D eigenvalue weighted by Crippen LogP contribution is -2.76. The average Bonchev–Trinajstić information content (AvgIpc) is 2.43. The van der Waals surface area contributed by atoms with E-state index in [-0.39, 0.29) is 28.8 Å². The zero-order valence-electron chi connectivity index (χ0n) is 12.9. The van der Waals surface area contributed by atoms with Crippen LogP contribution in [0.2, 0.25) is 0 Å². The molecule has 0 atom stereocenters. The van der Waals surface area contributed by atoms with Crippen molar-refractivity contribution in [1.82, 2.24) is 5.32 Å². The van der Waals surface area contributed by atoms with Gasteiger partial charge < -0.3 is 15.8 Å². The van der Waals surface area contributed by atoms with Gasteiger partial charge in [-0.1, -0.05) is 39.8 Å². The number of hydrogen-bond donors (Lipinski definition) is 2. The van der Waals surface area contributed by atoms with Gasteiger partial charge in [0.15, 0.2) is 0 Å². The van der Waals surface area contributed by atoms with Crippen molar-refractivity contribution in [3.8, 4) is 5.75 Å². The van der Waals surface area contributed by atoms with Gasteiger partial charge in [-0.05, 0) is 12.1 Å². The molecule has 0 radical (unpaired) electrons. The van der Waals surface area contributed by atoms with Crippen molar-refractivity contribution in [3.05, 3.63) is 29.8 Å². The van der Waals surface area contributed by atoms with Crippen molar-refractivity contribution in [2.24, 2.45) is 16.6 Å². The van der Waals surface area contributed by atoms with Crippen LogP contribution in [0, 0.1) is 10.8 Å². The lowest BCUT2D eigenvalue weighted by Gasteiger charge is -2.62. The van der Waals surface area contributed by atoms with E-state index >= 15 is 0 Å². The zero-order valence-corrected chi connectivity index (χ0v) is 12.9. The van der Waals surface area contributed by atoms with Gasteiger partial charge in [-0.3, -0.25) is 4.79 Å². The highest BCUT2D eigenvalue weighted by molar-refractivity contribution is 5.97. The van der Waals surface area contributed by atoms with Gasteiger partial charge in [-0.2, -0.15) is 0 Å². The molecular weight excluding hydrogens is 252 g/mol. The van der Waals surface area contributed by atoms with E-state index in [2.05, 4.69) is 33.0 Å². The van der Waals surface area contributed by atoms with Crippen LogP contribution in [0.25, 0.3) is 0 Å². The second-order valence-corrected chi connectivity index (χ2v) is 6.73. The summed E-state index contributed by atoms with van der Waals surface area (Å²) in [4.78, 5) is 12.5. The first-order valence-electron chi connectivity index (χ1n) is 6.92. The second-order valence-electron chi connectivity index (χ2n) is 6.73. The Balaban J connectivity index is 2.20. The molecule has 0 bridgehead atoms. The molecule has 1 fully saturated rings. The normalized spacial score (nSPS) is 26.5. The monoisotopic (exact) mass is 276 g/mol. The Kier molecular flexibility index (Phi) is 3.54. The Morgan fingerprint density at radius 1 is 1.20 bits per heavy atom. The molecule has 1 aromatic rings. The number of carbonyl (C=O) groups is 1. The third-order valence-corrected chi connectivity index (χ3v) is 4.72. The summed E-state index contributed by atoms with van der Waals surface area (Å²) in [6, 6.07) is 7.35. The van der Waals surface area contributed by atoms with Gasteiger partial charge in [0.25, 0.3) is 5.91 Å². The molecule has 20 heavy (non-hydrogen) atoms. The number of nitrogens with two attached hydrogens (primary N) is 1. The minimum absolute atomic E-state index is 0.0439. The van der Waals surface area contributed by atoms with Gasteiger partial charge in [0.1, 0.15) is 5.75 Å². The maximum absolute atomic E-state index is 12.5. The number of benzene rings is 1. The van der Waals surface area contributed by atoms with Crippen molar-refractivity contribution >= 4 is 5.91 Å². The fraction of sp³-hybridized carbons (Fsp3) is 0.562. The molecule has 4 heteroatoms. The molecule has 1 aromatic carbocycles. The summed E-state index contributed by atoms with van der Waals surface area (Å²) < 4.78 is 5.24. The van der Waals surface area contributed by atoms with Crippen molar-refractivity contribution in [3.63, 3.8) is 0 Å². The Morgan fingerprint density at radius 2 is 1.75 bits per heavy atom. The summed E-state index contributed by atoms with van der Waals surface area (Å²) in [7, 11) is 1.57. The lowest BCUT2D eigenvalue weighted by atomic mass is 9.48. The Labute approximate surface area is 120 Å². The molecule has 0 spiro atoms.